The van der Waals surface area contributed by atoms with Gasteiger partial charge >= 0.3 is 0 Å². The van der Waals surface area contributed by atoms with Crippen molar-refractivity contribution in [3.8, 4) is 0 Å². The quantitative estimate of drug-likeness (QED) is 0.825. The molecule has 0 bridgehead atoms. The summed E-state index contributed by atoms with van der Waals surface area (Å²) in [4.78, 5) is 4.34. The third-order valence-electron chi connectivity index (χ3n) is 2.67. The van der Waals surface area contributed by atoms with E-state index in [1.165, 1.54) is 0 Å². The van der Waals surface area contributed by atoms with Crippen LogP contribution in [0.3, 0.4) is 0 Å². The van der Waals surface area contributed by atoms with Crippen LogP contribution in [0.1, 0.15) is 25.5 Å². The number of aromatic nitrogens is 3. The Kier molecular flexibility index (Phi) is 3.58. The highest BCUT2D eigenvalue weighted by Crippen LogP contribution is 2.08. The average Bonchev–Trinajstić information content (AvgIpc) is 2.71. The van der Waals surface area contributed by atoms with Crippen LogP contribution in [0, 0.1) is 6.92 Å². The lowest BCUT2D eigenvalue weighted by molar-refractivity contribution is 0.176. The van der Waals surface area contributed by atoms with Gasteiger partial charge in [-0.1, -0.05) is 19.4 Å². The van der Waals surface area contributed by atoms with E-state index in [4.69, 9.17) is 0 Å². The van der Waals surface area contributed by atoms with E-state index in [2.05, 4.69) is 22.3 Å². The summed E-state index contributed by atoms with van der Waals surface area (Å²) in [5, 5.41) is 17.0. The molecule has 2 aromatic rings. The zero-order valence-corrected chi connectivity index (χ0v) is 10.2. The van der Waals surface area contributed by atoms with Gasteiger partial charge in [-0.15, -0.1) is 5.10 Å². The Morgan fingerprint density at radius 1 is 1.47 bits per heavy atom. The minimum atomic E-state index is -0.340. The maximum absolute atomic E-state index is 9.62. The fourth-order valence-corrected chi connectivity index (χ4v) is 1.75. The fourth-order valence-electron chi connectivity index (χ4n) is 1.75. The van der Waals surface area contributed by atoms with Crippen LogP contribution >= 0.6 is 0 Å². The Morgan fingerprint density at radius 2 is 2.29 bits per heavy atom. The number of rotatable bonds is 5. The summed E-state index contributed by atoms with van der Waals surface area (Å²) in [6.07, 6.45) is 1.42. The molecule has 0 aliphatic heterocycles. The number of nitrogens with zero attached hydrogens (tertiary/aromatic N) is 3. The number of hydrogen-bond acceptors (Lipinski definition) is 4. The number of aliphatic hydroxyl groups is 1. The molecule has 0 spiro atoms. The molecule has 2 rings (SSSR count). The fraction of sp³-hybridized carbons (Fsp3) is 0.500. The third kappa shape index (κ3) is 2.74. The molecule has 0 aliphatic carbocycles. The van der Waals surface area contributed by atoms with E-state index in [0.29, 0.717) is 12.5 Å². The maximum atomic E-state index is 9.62. The van der Waals surface area contributed by atoms with Crippen LogP contribution < -0.4 is 5.32 Å². The van der Waals surface area contributed by atoms with E-state index in [1.54, 1.807) is 4.52 Å². The Balaban J connectivity index is 2.07. The third-order valence-corrected chi connectivity index (χ3v) is 2.67. The minimum absolute atomic E-state index is 0.340. The van der Waals surface area contributed by atoms with Crippen molar-refractivity contribution >= 4 is 11.6 Å². The summed E-state index contributed by atoms with van der Waals surface area (Å²) in [6, 6.07) is 5.85. The van der Waals surface area contributed by atoms with Gasteiger partial charge in [-0.2, -0.15) is 4.98 Å². The van der Waals surface area contributed by atoms with Crippen molar-refractivity contribution in [2.24, 2.45) is 0 Å². The van der Waals surface area contributed by atoms with Gasteiger partial charge in [0.25, 0.3) is 0 Å². The van der Waals surface area contributed by atoms with Crippen LogP contribution in [0.2, 0.25) is 0 Å². The highest BCUT2D eigenvalue weighted by atomic mass is 16.3. The first-order chi connectivity index (χ1) is 8.20. The number of aryl methyl sites for hydroxylation is 1. The second-order valence-corrected chi connectivity index (χ2v) is 4.20. The molecule has 0 amide bonds. The summed E-state index contributed by atoms with van der Waals surface area (Å²) >= 11 is 0. The Hall–Kier alpha value is -1.62. The lowest BCUT2D eigenvalue weighted by atomic mass is 10.2. The van der Waals surface area contributed by atoms with E-state index in [1.807, 2.05) is 25.1 Å². The number of fused-ring (bicyclic) bond motifs is 1. The topological polar surface area (TPSA) is 62.5 Å². The molecule has 92 valence electrons. The zero-order chi connectivity index (χ0) is 12.3. The molecule has 0 fully saturated rings. The monoisotopic (exact) mass is 234 g/mol. The van der Waals surface area contributed by atoms with Gasteiger partial charge in [-0.3, -0.25) is 0 Å². The van der Waals surface area contributed by atoms with Crippen LogP contribution in [0.4, 0.5) is 5.95 Å². The first-order valence-electron chi connectivity index (χ1n) is 5.95. The van der Waals surface area contributed by atoms with Gasteiger partial charge in [0, 0.05) is 12.2 Å². The van der Waals surface area contributed by atoms with Gasteiger partial charge in [-0.05, 0) is 25.5 Å². The Bertz CT molecular complexity index is 494. The lowest BCUT2D eigenvalue weighted by Crippen LogP contribution is -2.19. The van der Waals surface area contributed by atoms with Crippen molar-refractivity contribution in [1.29, 1.82) is 0 Å². The summed E-state index contributed by atoms with van der Waals surface area (Å²) in [6.45, 7) is 4.52. The lowest BCUT2D eigenvalue weighted by Gasteiger charge is -2.08. The molecule has 1 atom stereocenters. The summed E-state index contributed by atoms with van der Waals surface area (Å²) in [7, 11) is 0. The predicted molar refractivity (Wildman–Crippen MR) is 67.1 cm³/mol. The van der Waals surface area contributed by atoms with Gasteiger partial charge in [0.1, 0.15) is 0 Å². The standard InChI is InChI=1S/C12H18N4O/c1-3-5-10(17)8-13-12-14-11-7-4-6-9(2)16(11)15-12/h4,6-7,10,17H,3,5,8H2,1-2H3,(H,13,15). The molecule has 0 saturated carbocycles. The molecule has 0 radical (unpaired) electrons. The van der Waals surface area contributed by atoms with Crippen LogP contribution in [-0.2, 0) is 0 Å². The van der Waals surface area contributed by atoms with Gasteiger partial charge < -0.3 is 10.4 Å². The molecule has 5 nitrogen and oxygen atoms in total. The van der Waals surface area contributed by atoms with Crippen LogP contribution in [0.15, 0.2) is 18.2 Å². The molecule has 2 N–H and O–H groups in total. The largest absolute Gasteiger partial charge is 0.391 e. The normalized spacial score (nSPS) is 12.9. The molecule has 2 heterocycles. The first-order valence-corrected chi connectivity index (χ1v) is 5.95. The van der Waals surface area contributed by atoms with Crippen molar-refractivity contribution in [1.82, 2.24) is 14.6 Å². The zero-order valence-electron chi connectivity index (χ0n) is 10.2. The number of pyridine rings is 1. The Morgan fingerprint density at radius 3 is 3.00 bits per heavy atom. The van der Waals surface area contributed by atoms with Crippen LogP contribution in [0.5, 0.6) is 0 Å². The highest BCUT2D eigenvalue weighted by molar-refractivity contribution is 5.44. The second-order valence-electron chi connectivity index (χ2n) is 4.20. The molecule has 0 aromatic carbocycles. The number of anilines is 1. The summed E-state index contributed by atoms with van der Waals surface area (Å²) in [5.41, 5.74) is 1.86. The first kappa shape index (κ1) is 11.9. The highest BCUT2D eigenvalue weighted by Gasteiger charge is 2.07. The van der Waals surface area contributed by atoms with Gasteiger partial charge in [-0.25, -0.2) is 4.52 Å². The smallest absolute Gasteiger partial charge is 0.243 e. The second kappa shape index (κ2) is 5.14. The number of hydrogen-bond donors (Lipinski definition) is 2. The molecular formula is C12H18N4O. The minimum Gasteiger partial charge on any atom is -0.391 e. The Labute approximate surface area is 100 Å². The molecule has 1 unspecified atom stereocenters. The van der Waals surface area contributed by atoms with Gasteiger partial charge in [0.2, 0.25) is 5.95 Å². The van der Waals surface area contributed by atoms with Crippen molar-refractivity contribution in [2.75, 3.05) is 11.9 Å². The molecule has 5 heteroatoms. The van der Waals surface area contributed by atoms with E-state index in [-0.39, 0.29) is 6.10 Å². The molecule has 2 aromatic heterocycles. The molecular weight excluding hydrogens is 216 g/mol. The predicted octanol–water partition coefficient (Wildman–Crippen LogP) is 1.61. The van der Waals surface area contributed by atoms with Gasteiger partial charge in [0.05, 0.1) is 6.10 Å². The van der Waals surface area contributed by atoms with E-state index >= 15 is 0 Å². The van der Waals surface area contributed by atoms with Gasteiger partial charge in [0.15, 0.2) is 5.65 Å². The van der Waals surface area contributed by atoms with E-state index < -0.39 is 0 Å². The van der Waals surface area contributed by atoms with Crippen molar-refractivity contribution in [3.05, 3.63) is 23.9 Å². The average molecular weight is 234 g/mol. The van der Waals surface area contributed by atoms with E-state index in [0.717, 1.165) is 24.2 Å². The van der Waals surface area contributed by atoms with Crippen molar-refractivity contribution in [3.63, 3.8) is 0 Å². The van der Waals surface area contributed by atoms with Crippen molar-refractivity contribution < 1.29 is 5.11 Å². The summed E-state index contributed by atoms with van der Waals surface area (Å²) in [5.74, 6) is 0.564. The van der Waals surface area contributed by atoms with Crippen LogP contribution in [-0.4, -0.2) is 32.4 Å². The SMILES string of the molecule is CCCC(O)CNc1nc2cccc(C)n2n1. The molecule has 0 aliphatic rings. The number of aliphatic hydroxyl groups excluding tert-OH is 1. The number of nitrogens with one attached hydrogen (secondary N) is 1. The van der Waals surface area contributed by atoms with Crippen molar-refractivity contribution in [2.45, 2.75) is 32.8 Å². The summed E-state index contributed by atoms with van der Waals surface area (Å²) < 4.78 is 1.79. The van der Waals surface area contributed by atoms with E-state index in [9.17, 15) is 5.11 Å². The maximum Gasteiger partial charge on any atom is 0.243 e. The van der Waals surface area contributed by atoms with Crippen LogP contribution in [0.25, 0.3) is 5.65 Å². The molecule has 17 heavy (non-hydrogen) atoms. The molecule has 0 saturated heterocycles.